The molecule has 0 aliphatic rings. The topological polar surface area (TPSA) is 52.6 Å². The lowest BCUT2D eigenvalue weighted by Crippen LogP contribution is -2.19. The van der Waals surface area contributed by atoms with E-state index in [1.165, 1.54) is 83.5 Å². The molecule has 0 aromatic heterocycles. The number of ether oxygens (including phenoxy) is 2. The van der Waals surface area contributed by atoms with Gasteiger partial charge in [0.1, 0.15) is 0 Å². The summed E-state index contributed by atoms with van der Waals surface area (Å²) in [4.78, 5) is 25.2. The number of carbonyl (C=O) groups excluding carboxylic acids is 2. The van der Waals surface area contributed by atoms with E-state index in [4.69, 9.17) is 9.47 Å². The number of unbranched alkanes of at least 4 members (excludes halogenated alkanes) is 14. The molecule has 1 rings (SSSR count). The van der Waals surface area contributed by atoms with E-state index in [1.807, 2.05) is 6.92 Å². The van der Waals surface area contributed by atoms with Gasteiger partial charge in [0.15, 0.2) is 0 Å². The van der Waals surface area contributed by atoms with E-state index in [0.29, 0.717) is 18.1 Å². The number of carbonyl (C=O) groups is 2. The van der Waals surface area contributed by atoms with Crippen LogP contribution in [0.2, 0.25) is 0 Å². The van der Waals surface area contributed by atoms with Gasteiger partial charge in [-0.1, -0.05) is 123 Å². The quantitative estimate of drug-likeness (QED) is 0.117. The summed E-state index contributed by atoms with van der Waals surface area (Å²) in [5.74, 6) is -0.332. The Hall–Kier alpha value is -1.84. The molecule has 0 aliphatic carbocycles. The minimum absolute atomic E-state index is 0.177. The van der Waals surface area contributed by atoms with Crippen LogP contribution in [0.4, 0.5) is 0 Å². The lowest BCUT2D eigenvalue weighted by atomic mass is 10.0. The molecule has 0 radical (unpaired) electrons. The van der Waals surface area contributed by atoms with E-state index in [1.54, 1.807) is 24.3 Å². The zero-order chi connectivity index (χ0) is 26.4. The number of esters is 2. The summed E-state index contributed by atoms with van der Waals surface area (Å²) in [7, 11) is 0. The van der Waals surface area contributed by atoms with Crippen LogP contribution in [-0.4, -0.2) is 24.6 Å². The first kappa shape index (κ1) is 32.2. The lowest BCUT2D eigenvalue weighted by molar-refractivity contribution is 0.0302. The molecule has 0 N–H and O–H groups in total. The zero-order valence-corrected chi connectivity index (χ0v) is 23.8. The fraction of sp³-hybridized carbons (Fsp3) is 0.750. The molecule has 0 spiro atoms. The number of benzene rings is 1. The van der Waals surface area contributed by atoms with Crippen molar-refractivity contribution in [2.75, 3.05) is 6.61 Å². The Labute approximate surface area is 221 Å². The van der Waals surface area contributed by atoms with Crippen LogP contribution in [-0.2, 0) is 9.47 Å². The van der Waals surface area contributed by atoms with E-state index >= 15 is 0 Å². The van der Waals surface area contributed by atoms with Crippen molar-refractivity contribution in [1.82, 2.24) is 0 Å². The standard InChI is InChI=1S/C32H54O4/c1-5-6-7-8-9-10-11-12-13-14-15-16-17-18-21-26-35-31(33)29-22-19-20-23-30(29)32(34)36-28(4)25-24-27(2)3/h19-20,22-23,27-28H,5-18,21,24-26H2,1-4H3. The summed E-state index contributed by atoms with van der Waals surface area (Å²) >= 11 is 0. The van der Waals surface area contributed by atoms with Gasteiger partial charge in [0.2, 0.25) is 0 Å². The molecule has 1 unspecified atom stereocenters. The third-order valence-electron chi connectivity index (χ3n) is 6.81. The Kier molecular flexibility index (Phi) is 19.0. The molecule has 1 atom stereocenters. The predicted molar refractivity (Wildman–Crippen MR) is 151 cm³/mol. The maximum Gasteiger partial charge on any atom is 0.339 e. The van der Waals surface area contributed by atoms with Gasteiger partial charge >= 0.3 is 11.9 Å². The minimum atomic E-state index is -0.453. The van der Waals surface area contributed by atoms with Gasteiger partial charge in [0, 0.05) is 0 Å². The van der Waals surface area contributed by atoms with Gasteiger partial charge in [-0.2, -0.15) is 0 Å². The van der Waals surface area contributed by atoms with Crippen molar-refractivity contribution in [3.05, 3.63) is 35.4 Å². The number of hydrogen-bond donors (Lipinski definition) is 0. The first-order valence-electron chi connectivity index (χ1n) is 14.9. The molecule has 0 amide bonds. The van der Waals surface area contributed by atoms with Gasteiger partial charge in [-0.05, 0) is 44.2 Å². The Morgan fingerprint density at radius 2 is 1.08 bits per heavy atom. The molecule has 1 aromatic rings. The largest absolute Gasteiger partial charge is 0.462 e. The molecular formula is C32H54O4. The van der Waals surface area contributed by atoms with Crippen molar-refractivity contribution < 1.29 is 19.1 Å². The van der Waals surface area contributed by atoms with Crippen molar-refractivity contribution in [1.29, 1.82) is 0 Å². The Balaban J connectivity index is 2.13. The molecule has 0 saturated carbocycles. The van der Waals surface area contributed by atoms with Crippen molar-refractivity contribution >= 4 is 11.9 Å². The van der Waals surface area contributed by atoms with Crippen LogP contribution in [0.1, 0.15) is 158 Å². The Bertz CT molecular complexity index is 697. The minimum Gasteiger partial charge on any atom is -0.462 e. The van der Waals surface area contributed by atoms with Crippen LogP contribution in [0.5, 0.6) is 0 Å². The number of rotatable bonds is 22. The first-order valence-corrected chi connectivity index (χ1v) is 14.9. The van der Waals surface area contributed by atoms with E-state index in [9.17, 15) is 9.59 Å². The SMILES string of the molecule is CCCCCCCCCCCCCCCCCOC(=O)c1ccccc1C(=O)OC(C)CCC(C)C. The van der Waals surface area contributed by atoms with E-state index in [2.05, 4.69) is 20.8 Å². The number of hydrogen-bond acceptors (Lipinski definition) is 4. The van der Waals surface area contributed by atoms with Gasteiger partial charge in [0.05, 0.1) is 23.8 Å². The highest BCUT2D eigenvalue weighted by Crippen LogP contribution is 2.17. The van der Waals surface area contributed by atoms with Crippen molar-refractivity contribution in [2.24, 2.45) is 5.92 Å². The normalized spacial score (nSPS) is 12.0. The summed E-state index contributed by atoms with van der Waals surface area (Å²) in [5, 5.41) is 0. The lowest BCUT2D eigenvalue weighted by Gasteiger charge is -2.15. The fourth-order valence-electron chi connectivity index (χ4n) is 4.43. The molecule has 206 valence electrons. The highest BCUT2D eigenvalue weighted by molar-refractivity contribution is 6.03. The summed E-state index contributed by atoms with van der Waals surface area (Å²) in [6, 6.07) is 6.79. The maximum atomic E-state index is 12.6. The Morgan fingerprint density at radius 3 is 1.56 bits per heavy atom. The molecule has 0 aliphatic heterocycles. The fourth-order valence-corrected chi connectivity index (χ4v) is 4.43. The van der Waals surface area contributed by atoms with Crippen LogP contribution in [0.3, 0.4) is 0 Å². The molecule has 4 nitrogen and oxygen atoms in total. The highest BCUT2D eigenvalue weighted by atomic mass is 16.5. The van der Waals surface area contributed by atoms with E-state index in [0.717, 1.165) is 25.7 Å². The van der Waals surface area contributed by atoms with Crippen LogP contribution in [0.25, 0.3) is 0 Å². The van der Waals surface area contributed by atoms with Gasteiger partial charge < -0.3 is 9.47 Å². The van der Waals surface area contributed by atoms with Crippen LogP contribution < -0.4 is 0 Å². The summed E-state index contributed by atoms with van der Waals surface area (Å²) < 4.78 is 11.0. The summed E-state index contributed by atoms with van der Waals surface area (Å²) in [6.45, 7) is 8.87. The van der Waals surface area contributed by atoms with E-state index in [-0.39, 0.29) is 11.7 Å². The third kappa shape index (κ3) is 16.0. The highest BCUT2D eigenvalue weighted by Gasteiger charge is 2.20. The molecule has 0 bridgehead atoms. The van der Waals surface area contributed by atoms with Gasteiger partial charge in [-0.3, -0.25) is 0 Å². The van der Waals surface area contributed by atoms with Crippen molar-refractivity contribution in [3.8, 4) is 0 Å². The molecule has 0 heterocycles. The van der Waals surface area contributed by atoms with Crippen LogP contribution >= 0.6 is 0 Å². The zero-order valence-electron chi connectivity index (χ0n) is 23.8. The van der Waals surface area contributed by atoms with Crippen molar-refractivity contribution in [2.45, 2.75) is 143 Å². The van der Waals surface area contributed by atoms with Crippen LogP contribution in [0, 0.1) is 5.92 Å². The van der Waals surface area contributed by atoms with Crippen molar-refractivity contribution in [3.63, 3.8) is 0 Å². The maximum absolute atomic E-state index is 12.6. The average Bonchev–Trinajstić information content (AvgIpc) is 2.87. The third-order valence-corrected chi connectivity index (χ3v) is 6.81. The van der Waals surface area contributed by atoms with Crippen LogP contribution in [0.15, 0.2) is 24.3 Å². The second-order valence-electron chi connectivity index (χ2n) is 10.8. The second-order valence-corrected chi connectivity index (χ2v) is 10.8. The molecule has 1 aromatic carbocycles. The predicted octanol–water partition coefficient (Wildman–Crippen LogP) is 9.70. The summed E-state index contributed by atoms with van der Waals surface area (Å²) in [5.41, 5.74) is 0.579. The smallest absolute Gasteiger partial charge is 0.339 e. The van der Waals surface area contributed by atoms with Gasteiger partial charge in [0.25, 0.3) is 0 Å². The molecular weight excluding hydrogens is 448 g/mol. The van der Waals surface area contributed by atoms with E-state index < -0.39 is 11.9 Å². The second kappa shape index (κ2) is 21.3. The monoisotopic (exact) mass is 502 g/mol. The molecule has 4 heteroatoms. The summed E-state index contributed by atoms with van der Waals surface area (Å²) in [6.07, 6.45) is 21.2. The van der Waals surface area contributed by atoms with Gasteiger partial charge in [-0.25, -0.2) is 9.59 Å². The molecule has 36 heavy (non-hydrogen) atoms. The average molecular weight is 503 g/mol. The first-order chi connectivity index (χ1) is 17.5. The molecule has 0 saturated heterocycles. The molecule has 0 fully saturated rings. The van der Waals surface area contributed by atoms with Gasteiger partial charge in [-0.15, -0.1) is 0 Å². The Morgan fingerprint density at radius 1 is 0.639 bits per heavy atom.